The molecule has 0 fully saturated rings. The lowest BCUT2D eigenvalue weighted by atomic mass is 10.0. The highest BCUT2D eigenvalue weighted by Gasteiger charge is 2.84. The van der Waals surface area contributed by atoms with Crippen LogP contribution in [0.15, 0.2) is 11.7 Å². The fraction of sp³-hybridized carbons (Fsp3) is 0.750. The van der Waals surface area contributed by atoms with E-state index in [0.717, 1.165) is 0 Å². The molecule has 0 bridgehead atoms. The third-order valence-corrected chi connectivity index (χ3v) is 2.24. The van der Waals surface area contributed by atoms with Crippen molar-refractivity contribution in [2.45, 2.75) is 36.0 Å². The Morgan fingerprint density at radius 3 is 0.917 bits per heavy atom. The molecular weight excluding hydrogens is 400 g/mol. The highest BCUT2D eigenvalue weighted by atomic mass is 19.4. The van der Waals surface area contributed by atoms with Crippen LogP contribution >= 0.6 is 0 Å². The minimum Gasteiger partial charge on any atom is -0.202 e. The molecule has 0 unspecified atom stereocenters. The zero-order valence-electron chi connectivity index (χ0n) is 10.0. The highest BCUT2D eigenvalue weighted by molar-refractivity contribution is 5.23. The third kappa shape index (κ3) is 3.10. The van der Waals surface area contributed by atoms with Crippen molar-refractivity contribution in [2.75, 3.05) is 0 Å². The van der Waals surface area contributed by atoms with Crippen LogP contribution in [0.1, 0.15) is 0 Å². The van der Waals surface area contributed by atoms with E-state index in [2.05, 4.69) is 0 Å². The van der Waals surface area contributed by atoms with Crippen molar-refractivity contribution < 1.29 is 70.2 Å². The molecule has 144 valence electrons. The van der Waals surface area contributed by atoms with E-state index >= 15 is 0 Å². The van der Waals surface area contributed by atoms with Crippen molar-refractivity contribution in [1.82, 2.24) is 0 Å². The van der Waals surface area contributed by atoms with Crippen LogP contribution in [-0.4, -0.2) is 36.0 Å². The lowest BCUT2D eigenvalue weighted by Gasteiger charge is -2.33. The fourth-order valence-corrected chi connectivity index (χ4v) is 0.913. The van der Waals surface area contributed by atoms with E-state index < -0.39 is 47.7 Å². The van der Waals surface area contributed by atoms with Gasteiger partial charge in [0.25, 0.3) is 0 Å². The lowest BCUT2D eigenvalue weighted by molar-refractivity contribution is -0.392. The molecule has 16 heteroatoms. The van der Waals surface area contributed by atoms with Crippen LogP contribution in [0.4, 0.5) is 70.2 Å². The van der Waals surface area contributed by atoms with Gasteiger partial charge in [0.05, 0.1) is 0 Å². The molecule has 0 aliphatic carbocycles. The van der Waals surface area contributed by atoms with E-state index in [1.165, 1.54) is 0 Å². The number of rotatable bonds is 4. The molecule has 0 saturated heterocycles. The monoisotopic (exact) mass is 400 g/mol. The topological polar surface area (TPSA) is 0 Å². The van der Waals surface area contributed by atoms with E-state index in [9.17, 15) is 70.2 Å². The highest BCUT2D eigenvalue weighted by Crippen LogP contribution is 2.57. The zero-order valence-corrected chi connectivity index (χ0v) is 10.0. The third-order valence-electron chi connectivity index (χ3n) is 2.24. The predicted molar refractivity (Wildman–Crippen MR) is 41.1 cm³/mol. The summed E-state index contributed by atoms with van der Waals surface area (Å²) in [6, 6.07) is 0. The second-order valence-corrected chi connectivity index (χ2v) is 3.92. The van der Waals surface area contributed by atoms with Crippen LogP contribution < -0.4 is 0 Å². The molecule has 0 aliphatic heterocycles. The minimum atomic E-state index is -7.94. The van der Waals surface area contributed by atoms with Crippen molar-refractivity contribution in [3.05, 3.63) is 11.7 Å². The fourth-order valence-electron chi connectivity index (χ4n) is 0.913. The van der Waals surface area contributed by atoms with Crippen molar-refractivity contribution in [2.24, 2.45) is 0 Å². The van der Waals surface area contributed by atoms with Gasteiger partial charge in [-0.3, -0.25) is 0 Å². The maximum atomic E-state index is 12.7. The first-order chi connectivity index (χ1) is 10.1. The van der Waals surface area contributed by atoms with Gasteiger partial charge in [0.1, 0.15) is 0 Å². The SMILES string of the molecule is FC(=C(F)C(F)(F)C(F)(F)C(F)(F)C(F)(F)F)C(F)(F)C(F)(F)F. The Hall–Kier alpha value is -1.38. The maximum absolute atomic E-state index is 12.7. The van der Waals surface area contributed by atoms with Crippen molar-refractivity contribution >= 4 is 0 Å². The average Bonchev–Trinajstić information content (AvgIpc) is 2.33. The Morgan fingerprint density at radius 1 is 0.375 bits per heavy atom. The predicted octanol–water partition coefficient (Wildman–Crippen LogP) is 5.80. The summed E-state index contributed by atoms with van der Waals surface area (Å²) in [7, 11) is 0. The van der Waals surface area contributed by atoms with Gasteiger partial charge >= 0.3 is 36.0 Å². The summed E-state index contributed by atoms with van der Waals surface area (Å²) in [5, 5.41) is 0. The first kappa shape index (κ1) is 22.6. The smallest absolute Gasteiger partial charge is 0.202 e. The van der Waals surface area contributed by atoms with Crippen LogP contribution in [-0.2, 0) is 0 Å². The van der Waals surface area contributed by atoms with Crippen LogP contribution in [0.25, 0.3) is 0 Å². The van der Waals surface area contributed by atoms with Gasteiger partial charge in [0, 0.05) is 0 Å². The van der Waals surface area contributed by atoms with Crippen molar-refractivity contribution in [3.8, 4) is 0 Å². The van der Waals surface area contributed by atoms with Gasteiger partial charge in [-0.15, -0.1) is 0 Å². The summed E-state index contributed by atoms with van der Waals surface area (Å²) in [5.74, 6) is -40.8. The van der Waals surface area contributed by atoms with Gasteiger partial charge in [-0.2, -0.15) is 61.5 Å². The van der Waals surface area contributed by atoms with Gasteiger partial charge in [-0.05, 0) is 0 Å². The summed E-state index contributed by atoms with van der Waals surface area (Å²) in [5.41, 5.74) is 0. The number of hydrogen-bond donors (Lipinski definition) is 0. The summed E-state index contributed by atoms with van der Waals surface area (Å²) in [6.45, 7) is 0. The van der Waals surface area contributed by atoms with E-state index in [0.29, 0.717) is 0 Å². The first-order valence-electron chi connectivity index (χ1n) is 4.77. The molecule has 0 aromatic heterocycles. The van der Waals surface area contributed by atoms with Gasteiger partial charge < -0.3 is 0 Å². The van der Waals surface area contributed by atoms with Gasteiger partial charge in [0.15, 0.2) is 0 Å². The standard InChI is InChI=1S/C8F16/c9-1(2(10)4(13,14)7(19,20)21)3(11,12)5(15,16)6(17,18)8(22,23)24. The van der Waals surface area contributed by atoms with Crippen LogP contribution in [0.5, 0.6) is 0 Å². The Labute approximate surface area is 119 Å². The van der Waals surface area contributed by atoms with E-state index in [1.54, 1.807) is 0 Å². The Balaban J connectivity index is 6.40. The zero-order chi connectivity index (χ0) is 20.2. The van der Waals surface area contributed by atoms with Crippen molar-refractivity contribution in [3.63, 3.8) is 0 Å². The molecule has 0 N–H and O–H groups in total. The molecule has 0 aromatic carbocycles. The summed E-state index contributed by atoms with van der Waals surface area (Å²) >= 11 is 0. The van der Waals surface area contributed by atoms with Gasteiger partial charge in [0.2, 0.25) is 11.7 Å². The molecule has 0 nitrogen and oxygen atoms in total. The number of hydrogen-bond acceptors (Lipinski definition) is 0. The number of alkyl halides is 14. The first-order valence-corrected chi connectivity index (χ1v) is 4.77. The molecule has 0 atom stereocenters. The Bertz CT molecular complexity index is 501. The van der Waals surface area contributed by atoms with Crippen molar-refractivity contribution in [1.29, 1.82) is 0 Å². The number of halogens is 16. The minimum absolute atomic E-state index is 5.00. The summed E-state index contributed by atoms with van der Waals surface area (Å²) < 4.78 is 194. The molecule has 0 aromatic rings. The molecule has 0 aliphatic rings. The van der Waals surface area contributed by atoms with Gasteiger partial charge in [-0.25, -0.2) is 8.78 Å². The molecular formula is C8F16. The van der Waals surface area contributed by atoms with E-state index in [1.807, 2.05) is 0 Å². The Kier molecular flexibility index (Phi) is 5.25. The second kappa shape index (κ2) is 5.57. The molecule has 0 saturated carbocycles. The lowest BCUT2D eigenvalue weighted by Crippen LogP contribution is -2.61. The van der Waals surface area contributed by atoms with Gasteiger partial charge in [-0.1, -0.05) is 0 Å². The molecule has 0 amide bonds. The Morgan fingerprint density at radius 2 is 0.667 bits per heavy atom. The second-order valence-electron chi connectivity index (χ2n) is 3.92. The van der Waals surface area contributed by atoms with E-state index in [-0.39, 0.29) is 0 Å². The molecule has 0 spiro atoms. The number of allylic oxidation sites excluding steroid dienone is 2. The van der Waals surface area contributed by atoms with Crippen LogP contribution in [0, 0.1) is 0 Å². The summed E-state index contributed by atoms with van der Waals surface area (Å²) in [4.78, 5) is 0. The normalized spacial score (nSPS) is 17.0. The molecule has 0 heterocycles. The quantitative estimate of drug-likeness (QED) is 0.524. The summed E-state index contributed by atoms with van der Waals surface area (Å²) in [6.07, 6.45) is -14.7. The van der Waals surface area contributed by atoms with Crippen LogP contribution in [0.3, 0.4) is 0 Å². The average molecular weight is 400 g/mol. The maximum Gasteiger partial charge on any atom is 0.460 e. The van der Waals surface area contributed by atoms with Crippen LogP contribution in [0.2, 0.25) is 0 Å². The van der Waals surface area contributed by atoms with E-state index in [4.69, 9.17) is 0 Å². The molecule has 0 rings (SSSR count). The molecule has 24 heavy (non-hydrogen) atoms. The molecule has 0 radical (unpaired) electrons. The largest absolute Gasteiger partial charge is 0.460 e.